The Labute approximate surface area is 115 Å². The number of carbonyl (C=O) groups is 4. The van der Waals surface area contributed by atoms with Crippen molar-refractivity contribution in [3.63, 3.8) is 0 Å². The molecule has 0 saturated heterocycles. The van der Waals surface area contributed by atoms with Crippen LogP contribution in [0.1, 0.15) is 20.7 Å². The van der Waals surface area contributed by atoms with Crippen LogP contribution in [-0.2, 0) is 9.59 Å². The van der Waals surface area contributed by atoms with Gasteiger partial charge in [0, 0.05) is 0 Å². The molecule has 0 aromatic heterocycles. The Balaban J connectivity index is 3.04. The van der Waals surface area contributed by atoms with Crippen LogP contribution in [0.25, 0.3) is 0 Å². The molecule has 1 aromatic carbocycles. The minimum atomic E-state index is -0.758. The van der Waals surface area contributed by atoms with Crippen molar-refractivity contribution < 1.29 is 19.2 Å². The Morgan fingerprint density at radius 3 is 1.45 bits per heavy atom. The Morgan fingerprint density at radius 1 is 0.800 bits per heavy atom. The van der Waals surface area contributed by atoms with Gasteiger partial charge in [0.1, 0.15) is 0 Å². The third-order valence-corrected chi connectivity index (χ3v) is 2.26. The van der Waals surface area contributed by atoms with Crippen LogP contribution in [0, 0.1) is 0 Å². The molecule has 6 heteroatoms. The molecule has 0 spiro atoms. The van der Waals surface area contributed by atoms with Crippen molar-refractivity contribution in [3.8, 4) is 0 Å². The molecule has 1 aromatic rings. The van der Waals surface area contributed by atoms with Crippen molar-refractivity contribution in [1.29, 1.82) is 0 Å². The smallest absolute Gasteiger partial charge is 0.258 e. The fourth-order valence-electron chi connectivity index (χ4n) is 1.34. The van der Waals surface area contributed by atoms with Gasteiger partial charge in [0.25, 0.3) is 11.8 Å². The Morgan fingerprint density at radius 2 is 1.15 bits per heavy atom. The monoisotopic (exact) mass is 272 g/mol. The zero-order valence-corrected chi connectivity index (χ0v) is 10.5. The molecule has 2 N–H and O–H groups in total. The van der Waals surface area contributed by atoms with Gasteiger partial charge in [-0.1, -0.05) is 25.3 Å². The van der Waals surface area contributed by atoms with E-state index < -0.39 is 23.6 Å². The first-order valence-electron chi connectivity index (χ1n) is 5.54. The highest BCUT2D eigenvalue weighted by atomic mass is 16.2. The minimum Gasteiger partial charge on any atom is -0.289 e. The van der Waals surface area contributed by atoms with Crippen LogP contribution < -0.4 is 10.6 Å². The molecule has 0 atom stereocenters. The quantitative estimate of drug-likeness (QED) is 0.784. The average Bonchev–Trinajstić information content (AvgIpc) is 2.46. The van der Waals surface area contributed by atoms with E-state index in [1.807, 2.05) is 10.6 Å². The van der Waals surface area contributed by atoms with Crippen molar-refractivity contribution in [2.24, 2.45) is 0 Å². The zero-order chi connectivity index (χ0) is 15.1. The van der Waals surface area contributed by atoms with Crippen LogP contribution in [0.5, 0.6) is 0 Å². The number of imide groups is 2. The number of carbonyl (C=O) groups excluding carboxylic acids is 4. The Hall–Kier alpha value is -3.02. The first-order chi connectivity index (χ1) is 9.49. The van der Waals surface area contributed by atoms with Gasteiger partial charge in [-0.25, -0.2) is 0 Å². The molecular formula is C14H12N2O4. The summed E-state index contributed by atoms with van der Waals surface area (Å²) in [6.07, 6.45) is 1.86. The van der Waals surface area contributed by atoms with Gasteiger partial charge in [0.15, 0.2) is 0 Å². The van der Waals surface area contributed by atoms with Crippen molar-refractivity contribution >= 4 is 23.6 Å². The molecule has 0 fully saturated rings. The summed E-state index contributed by atoms with van der Waals surface area (Å²) < 4.78 is 0. The Bertz CT molecular complexity index is 552. The molecule has 0 aliphatic heterocycles. The number of benzene rings is 1. The van der Waals surface area contributed by atoms with E-state index in [1.165, 1.54) is 24.3 Å². The molecule has 6 nitrogen and oxygen atoms in total. The second-order valence-electron chi connectivity index (χ2n) is 3.59. The molecule has 0 radical (unpaired) electrons. The largest absolute Gasteiger partial charge is 0.289 e. The zero-order valence-electron chi connectivity index (χ0n) is 10.5. The predicted octanol–water partition coefficient (Wildman–Crippen LogP) is 0.571. The maximum Gasteiger partial charge on any atom is 0.258 e. The number of hydrogen-bond acceptors (Lipinski definition) is 4. The van der Waals surface area contributed by atoms with Crippen LogP contribution >= 0.6 is 0 Å². The van der Waals surface area contributed by atoms with Gasteiger partial charge >= 0.3 is 0 Å². The van der Waals surface area contributed by atoms with Crippen molar-refractivity contribution in [2.75, 3.05) is 0 Å². The lowest BCUT2D eigenvalue weighted by molar-refractivity contribution is -0.116. The highest BCUT2D eigenvalue weighted by Crippen LogP contribution is 2.08. The maximum absolute atomic E-state index is 11.8. The van der Waals surface area contributed by atoms with Gasteiger partial charge in [-0.15, -0.1) is 0 Å². The lowest BCUT2D eigenvalue weighted by Crippen LogP contribution is -2.33. The number of hydrogen-bond donors (Lipinski definition) is 2. The summed E-state index contributed by atoms with van der Waals surface area (Å²) in [5.41, 5.74) is -0.0610. The summed E-state index contributed by atoms with van der Waals surface area (Å²) in [4.78, 5) is 45.8. The van der Waals surface area contributed by atoms with E-state index >= 15 is 0 Å². The van der Waals surface area contributed by atoms with E-state index in [9.17, 15) is 19.2 Å². The molecule has 0 aliphatic carbocycles. The average molecular weight is 272 g/mol. The molecule has 4 amide bonds. The molecular weight excluding hydrogens is 260 g/mol. The second-order valence-corrected chi connectivity index (χ2v) is 3.59. The van der Waals surface area contributed by atoms with Crippen molar-refractivity contribution in [2.45, 2.75) is 0 Å². The third-order valence-electron chi connectivity index (χ3n) is 2.26. The van der Waals surface area contributed by atoms with Crippen molar-refractivity contribution in [1.82, 2.24) is 10.6 Å². The highest BCUT2D eigenvalue weighted by molar-refractivity contribution is 6.16. The summed E-state index contributed by atoms with van der Waals surface area (Å²) in [6, 6.07) is 5.77. The molecule has 0 bridgehead atoms. The summed E-state index contributed by atoms with van der Waals surface area (Å²) in [6.45, 7) is 6.43. The molecule has 0 aliphatic rings. The van der Waals surface area contributed by atoms with E-state index in [2.05, 4.69) is 13.2 Å². The van der Waals surface area contributed by atoms with Crippen LogP contribution in [0.2, 0.25) is 0 Å². The summed E-state index contributed by atoms with van der Waals surface area (Å²) in [5.74, 6) is -2.89. The second kappa shape index (κ2) is 6.79. The van der Waals surface area contributed by atoms with E-state index in [0.717, 1.165) is 12.2 Å². The predicted molar refractivity (Wildman–Crippen MR) is 71.8 cm³/mol. The summed E-state index contributed by atoms with van der Waals surface area (Å²) >= 11 is 0. The van der Waals surface area contributed by atoms with Gasteiger partial charge in [0.05, 0.1) is 11.1 Å². The molecule has 1 rings (SSSR count). The third kappa shape index (κ3) is 3.74. The van der Waals surface area contributed by atoms with Gasteiger partial charge in [-0.2, -0.15) is 0 Å². The lowest BCUT2D eigenvalue weighted by atomic mass is 10.1. The van der Waals surface area contributed by atoms with Crippen LogP contribution in [-0.4, -0.2) is 23.6 Å². The molecule has 0 heterocycles. The maximum atomic E-state index is 11.8. The Kier molecular flexibility index (Phi) is 5.11. The van der Waals surface area contributed by atoms with Gasteiger partial charge < -0.3 is 0 Å². The minimum absolute atomic E-state index is 0.0305. The molecule has 20 heavy (non-hydrogen) atoms. The van der Waals surface area contributed by atoms with Gasteiger partial charge in [0.2, 0.25) is 11.8 Å². The van der Waals surface area contributed by atoms with E-state index in [4.69, 9.17) is 0 Å². The van der Waals surface area contributed by atoms with Crippen LogP contribution in [0.15, 0.2) is 49.6 Å². The van der Waals surface area contributed by atoms with Crippen LogP contribution in [0.3, 0.4) is 0 Å². The fourth-order valence-corrected chi connectivity index (χ4v) is 1.34. The summed E-state index contributed by atoms with van der Waals surface area (Å²) in [7, 11) is 0. The fraction of sp³-hybridized carbons (Fsp3) is 0. The number of rotatable bonds is 4. The van der Waals surface area contributed by atoms with E-state index in [1.54, 1.807) is 0 Å². The SMILES string of the molecule is C=CC(=O)NC(=O)c1ccccc1C(=O)NC(=O)C=C. The highest BCUT2D eigenvalue weighted by Gasteiger charge is 2.18. The lowest BCUT2D eigenvalue weighted by Gasteiger charge is -2.07. The van der Waals surface area contributed by atoms with Crippen molar-refractivity contribution in [3.05, 3.63) is 60.7 Å². The number of amides is 4. The van der Waals surface area contributed by atoms with E-state index in [0.29, 0.717) is 0 Å². The van der Waals surface area contributed by atoms with Gasteiger partial charge in [-0.3, -0.25) is 29.8 Å². The van der Waals surface area contributed by atoms with Gasteiger partial charge in [-0.05, 0) is 24.3 Å². The molecule has 102 valence electrons. The first kappa shape index (κ1) is 15.0. The summed E-state index contributed by atoms with van der Waals surface area (Å²) in [5, 5.41) is 4.05. The topological polar surface area (TPSA) is 92.3 Å². The standard InChI is InChI=1S/C14H12N2O4/c1-3-11(17)15-13(19)9-7-5-6-8-10(9)14(20)16-12(18)4-2/h3-8H,1-2H2,(H,15,17,19)(H,16,18,20). The number of nitrogens with one attached hydrogen (secondary N) is 2. The molecule has 0 saturated carbocycles. The normalized spacial score (nSPS) is 9.20. The molecule has 0 unspecified atom stereocenters. The van der Waals surface area contributed by atoms with E-state index in [-0.39, 0.29) is 11.1 Å². The van der Waals surface area contributed by atoms with Crippen LogP contribution in [0.4, 0.5) is 0 Å². The first-order valence-corrected chi connectivity index (χ1v) is 5.54.